The second kappa shape index (κ2) is 8.43. The molecule has 2 aromatic rings. The van der Waals surface area contributed by atoms with Crippen LogP contribution in [0.15, 0.2) is 53.8 Å². The molecule has 0 unspecified atom stereocenters. The van der Waals surface area contributed by atoms with Gasteiger partial charge < -0.3 is 15.8 Å². The first-order valence-electron chi connectivity index (χ1n) is 8.85. The molecule has 3 rings (SSSR count). The Morgan fingerprint density at radius 3 is 2.89 bits per heavy atom. The average molecular weight is 398 g/mol. The van der Waals surface area contributed by atoms with E-state index in [-0.39, 0.29) is 11.6 Å². The second-order valence-electron chi connectivity index (χ2n) is 6.84. The molecular formula is C20H23N5O2S. The molecule has 0 saturated heterocycles. The molecule has 1 aliphatic heterocycles. The van der Waals surface area contributed by atoms with Gasteiger partial charge in [0.1, 0.15) is 12.3 Å². The van der Waals surface area contributed by atoms with Crippen molar-refractivity contribution in [3.63, 3.8) is 0 Å². The van der Waals surface area contributed by atoms with Crippen molar-refractivity contribution in [3.8, 4) is 5.88 Å². The third kappa shape index (κ3) is 4.89. The number of carbonyl (C=O) groups is 1. The van der Waals surface area contributed by atoms with Gasteiger partial charge in [-0.3, -0.25) is 9.79 Å². The number of thioether (sulfide) groups is 1. The molecule has 1 aromatic carbocycles. The largest absolute Gasteiger partial charge is 0.472 e. The van der Waals surface area contributed by atoms with E-state index >= 15 is 0 Å². The summed E-state index contributed by atoms with van der Waals surface area (Å²) in [7, 11) is 0. The fourth-order valence-corrected chi connectivity index (χ4v) is 3.70. The van der Waals surface area contributed by atoms with Crippen LogP contribution in [-0.2, 0) is 5.54 Å². The number of anilines is 1. The van der Waals surface area contributed by atoms with Crippen molar-refractivity contribution >= 4 is 28.5 Å². The van der Waals surface area contributed by atoms with E-state index in [1.807, 2.05) is 31.2 Å². The van der Waals surface area contributed by atoms with E-state index < -0.39 is 5.54 Å². The summed E-state index contributed by atoms with van der Waals surface area (Å²) in [5.41, 5.74) is 8.26. The zero-order valence-corrected chi connectivity index (χ0v) is 16.8. The number of nitrogens with zero attached hydrogens (tertiary/aromatic N) is 3. The van der Waals surface area contributed by atoms with Gasteiger partial charge in [-0.2, -0.15) is 0 Å². The lowest BCUT2D eigenvalue weighted by atomic mass is 9.89. The maximum atomic E-state index is 12.5. The van der Waals surface area contributed by atoms with Gasteiger partial charge >= 0.3 is 0 Å². The second-order valence-corrected chi connectivity index (χ2v) is 7.96. The van der Waals surface area contributed by atoms with Crippen LogP contribution in [0.5, 0.6) is 5.88 Å². The Kier molecular flexibility index (Phi) is 5.99. The van der Waals surface area contributed by atoms with Crippen molar-refractivity contribution in [2.45, 2.75) is 25.8 Å². The average Bonchev–Trinajstić information content (AvgIpc) is 2.67. The minimum Gasteiger partial charge on any atom is -0.472 e. The van der Waals surface area contributed by atoms with Gasteiger partial charge in [-0.15, -0.1) is 0 Å². The number of nitrogens with one attached hydrogen (secondary N) is 1. The number of ether oxygens (including phenoxy) is 1. The molecule has 2 heterocycles. The number of hydrogen-bond acceptors (Lipinski definition) is 7. The molecule has 0 fully saturated rings. The summed E-state index contributed by atoms with van der Waals surface area (Å²) in [6.07, 6.45) is 3.69. The molecule has 7 nitrogen and oxygen atoms in total. The molecule has 146 valence electrons. The minimum absolute atomic E-state index is 0.204. The van der Waals surface area contributed by atoms with Crippen molar-refractivity contribution in [2.75, 3.05) is 17.7 Å². The van der Waals surface area contributed by atoms with Crippen molar-refractivity contribution in [1.82, 2.24) is 9.97 Å². The molecule has 0 saturated carbocycles. The Morgan fingerprint density at radius 2 is 2.21 bits per heavy atom. The van der Waals surface area contributed by atoms with Gasteiger partial charge in [0.2, 0.25) is 5.88 Å². The number of carbonyl (C=O) groups excluding carboxylic acids is 1. The summed E-state index contributed by atoms with van der Waals surface area (Å²) in [4.78, 5) is 25.3. The molecule has 3 N–H and O–H groups in total. The fraction of sp³-hybridized carbons (Fsp3) is 0.300. The highest BCUT2D eigenvalue weighted by Crippen LogP contribution is 2.35. The van der Waals surface area contributed by atoms with E-state index in [1.165, 1.54) is 12.4 Å². The van der Waals surface area contributed by atoms with Crippen LogP contribution in [0.1, 0.15) is 36.3 Å². The zero-order chi connectivity index (χ0) is 20.1. The molecule has 1 aromatic heterocycles. The topological polar surface area (TPSA) is 102 Å². The predicted octanol–water partition coefficient (Wildman–Crippen LogP) is 3.35. The van der Waals surface area contributed by atoms with Crippen molar-refractivity contribution in [1.29, 1.82) is 0 Å². The van der Waals surface area contributed by atoms with Crippen molar-refractivity contribution < 1.29 is 9.53 Å². The molecular weight excluding hydrogens is 374 g/mol. The molecule has 1 amide bonds. The monoisotopic (exact) mass is 397 g/mol. The first-order valence-corrected chi connectivity index (χ1v) is 9.83. The normalized spacial score (nSPS) is 18.9. The molecule has 28 heavy (non-hydrogen) atoms. The molecule has 1 aliphatic rings. The van der Waals surface area contributed by atoms with Crippen LogP contribution in [0, 0.1) is 0 Å². The molecule has 0 spiro atoms. The van der Waals surface area contributed by atoms with Gasteiger partial charge in [0.05, 0.1) is 17.9 Å². The van der Waals surface area contributed by atoms with Gasteiger partial charge in [-0.1, -0.05) is 30.5 Å². The Labute approximate surface area is 168 Å². The lowest BCUT2D eigenvalue weighted by molar-refractivity contribution is 0.102. The van der Waals surface area contributed by atoms with Crippen LogP contribution < -0.4 is 15.8 Å². The summed E-state index contributed by atoms with van der Waals surface area (Å²) in [5, 5.41) is 3.44. The lowest BCUT2D eigenvalue weighted by Gasteiger charge is -2.30. The number of amides is 1. The number of hydrogen-bond donors (Lipinski definition) is 2. The summed E-state index contributed by atoms with van der Waals surface area (Å²) in [5.74, 6) is 0.918. The van der Waals surface area contributed by atoms with E-state index in [1.54, 1.807) is 11.8 Å². The standard InChI is InChI=1S/C20H23N5O2S/c1-13(2)12-27-17-11-22-16(10-23-17)18(26)24-15-6-4-5-14(9-15)20(3)7-8-28-19(21)25-20/h4-6,9-11H,1,7-8,12H2,2-3H3,(H2,21,25)(H,24,26)/t20-/m0/s1. The smallest absolute Gasteiger partial charge is 0.275 e. The van der Waals surface area contributed by atoms with E-state index in [9.17, 15) is 4.79 Å². The minimum atomic E-state index is -0.391. The summed E-state index contributed by atoms with van der Waals surface area (Å²) in [6.45, 7) is 8.03. The van der Waals surface area contributed by atoms with E-state index in [0.29, 0.717) is 23.3 Å². The molecule has 0 aliphatic carbocycles. The van der Waals surface area contributed by atoms with Crippen molar-refractivity contribution in [3.05, 3.63) is 60.1 Å². The SMILES string of the molecule is C=C(C)COc1cnc(C(=O)Nc2cccc([C@]3(C)CCSC(N)=N3)c2)cn1. The lowest BCUT2D eigenvalue weighted by Crippen LogP contribution is -2.28. The Balaban J connectivity index is 1.71. The number of rotatable bonds is 6. The first kappa shape index (κ1) is 19.9. The number of nitrogens with two attached hydrogens (primary N) is 1. The highest BCUT2D eigenvalue weighted by molar-refractivity contribution is 8.13. The first-order chi connectivity index (χ1) is 13.4. The van der Waals surface area contributed by atoms with Crippen LogP contribution in [0.4, 0.5) is 5.69 Å². The van der Waals surface area contributed by atoms with E-state index in [2.05, 4.69) is 33.8 Å². The highest BCUT2D eigenvalue weighted by atomic mass is 32.2. The zero-order valence-electron chi connectivity index (χ0n) is 15.9. The summed E-state index contributed by atoms with van der Waals surface area (Å²) < 4.78 is 5.39. The number of amidine groups is 1. The summed E-state index contributed by atoms with van der Waals surface area (Å²) in [6, 6.07) is 7.63. The van der Waals surface area contributed by atoms with Gasteiger partial charge in [-0.25, -0.2) is 9.97 Å². The van der Waals surface area contributed by atoms with Crippen LogP contribution in [0.2, 0.25) is 0 Å². The fourth-order valence-electron chi connectivity index (χ4n) is 2.73. The van der Waals surface area contributed by atoms with E-state index in [0.717, 1.165) is 23.3 Å². The quantitative estimate of drug-likeness (QED) is 0.725. The van der Waals surface area contributed by atoms with Gasteiger partial charge in [0.15, 0.2) is 5.17 Å². The maximum Gasteiger partial charge on any atom is 0.275 e. The van der Waals surface area contributed by atoms with Crippen LogP contribution >= 0.6 is 11.8 Å². The van der Waals surface area contributed by atoms with Crippen LogP contribution in [-0.4, -0.2) is 33.4 Å². The molecule has 1 atom stereocenters. The third-order valence-electron chi connectivity index (χ3n) is 4.27. The highest BCUT2D eigenvalue weighted by Gasteiger charge is 2.29. The number of aliphatic imine (C=N–C) groups is 1. The number of aromatic nitrogens is 2. The maximum absolute atomic E-state index is 12.5. The number of benzene rings is 1. The Bertz CT molecular complexity index is 913. The van der Waals surface area contributed by atoms with Gasteiger partial charge in [0, 0.05) is 11.4 Å². The van der Waals surface area contributed by atoms with E-state index in [4.69, 9.17) is 10.5 Å². The molecule has 0 bridgehead atoms. The van der Waals surface area contributed by atoms with Crippen LogP contribution in [0.3, 0.4) is 0 Å². The van der Waals surface area contributed by atoms with Gasteiger partial charge in [-0.05, 0) is 43.5 Å². The van der Waals surface area contributed by atoms with Gasteiger partial charge in [0.25, 0.3) is 5.91 Å². The van der Waals surface area contributed by atoms with Crippen molar-refractivity contribution in [2.24, 2.45) is 10.7 Å². The third-order valence-corrected chi connectivity index (χ3v) is 5.06. The summed E-state index contributed by atoms with van der Waals surface area (Å²) >= 11 is 1.56. The molecule has 8 heteroatoms. The molecule has 0 radical (unpaired) electrons. The van der Waals surface area contributed by atoms with Crippen LogP contribution in [0.25, 0.3) is 0 Å². The Morgan fingerprint density at radius 1 is 1.39 bits per heavy atom. The Hall–Kier alpha value is -2.87. The predicted molar refractivity (Wildman–Crippen MR) is 113 cm³/mol.